The Labute approximate surface area is 147 Å². The maximum atomic E-state index is 10.2. The van der Waals surface area contributed by atoms with E-state index in [1.807, 2.05) is 43.5 Å². The van der Waals surface area contributed by atoms with E-state index in [0.717, 1.165) is 23.4 Å². The summed E-state index contributed by atoms with van der Waals surface area (Å²) in [5, 5.41) is 14.1. The number of fused-ring (bicyclic) bond motifs is 1. The Bertz CT molecular complexity index is 733. The smallest absolute Gasteiger partial charge is 0.119 e. The van der Waals surface area contributed by atoms with E-state index < -0.39 is 6.10 Å². The molecule has 1 aliphatic rings. The zero-order valence-electron chi connectivity index (χ0n) is 13.6. The fraction of sp³-hybridized carbons (Fsp3) is 0.316. The van der Waals surface area contributed by atoms with Gasteiger partial charge in [0.15, 0.2) is 0 Å². The van der Waals surface area contributed by atoms with Crippen molar-refractivity contribution in [2.45, 2.75) is 25.5 Å². The molecule has 24 heavy (non-hydrogen) atoms. The number of aliphatic hydroxyl groups excluding tert-OH is 1. The predicted octanol–water partition coefficient (Wildman–Crippen LogP) is 3.69. The van der Waals surface area contributed by atoms with Crippen molar-refractivity contribution in [2.24, 2.45) is 4.99 Å². The van der Waals surface area contributed by atoms with E-state index in [9.17, 15) is 5.11 Å². The van der Waals surface area contributed by atoms with E-state index in [-0.39, 0.29) is 6.04 Å². The van der Waals surface area contributed by atoms with Gasteiger partial charge in [0.1, 0.15) is 12.4 Å². The quantitative estimate of drug-likeness (QED) is 0.805. The van der Waals surface area contributed by atoms with E-state index in [1.165, 1.54) is 5.56 Å². The van der Waals surface area contributed by atoms with Crippen molar-refractivity contribution in [2.75, 3.05) is 13.2 Å². The number of hydrogen-bond donors (Lipinski definition) is 2. The number of hydrogen-bond acceptors (Lipinski definition) is 4. The van der Waals surface area contributed by atoms with Gasteiger partial charge < -0.3 is 15.2 Å². The molecule has 2 unspecified atom stereocenters. The molecule has 0 saturated heterocycles. The van der Waals surface area contributed by atoms with E-state index >= 15 is 0 Å². The Morgan fingerprint density at radius 3 is 3.00 bits per heavy atom. The van der Waals surface area contributed by atoms with Crippen LogP contribution in [0.3, 0.4) is 0 Å². The summed E-state index contributed by atoms with van der Waals surface area (Å²) in [6, 6.07) is 13.4. The van der Waals surface area contributed by atoms with Crippen LogP contribution in [0, 0.1) is 0 Å². The standard InChI is InChI=1S/C19H21ClN2O2/c1-13(22-11-19(23)15-3-2-4-16(20)9-15)12-24-17-5-6-18-14(10-17)7-8-21-18/h2-6,8-10,13,19,22-23H,7,11-12H2,1H3. The lowest BCUT2D eigenvalue weighted by Crippen LogP contribution is -2.34. The average molecular weight is 345 g/mol. The third kappa shape index (κ3) is 4.35. The van der Waals surface area contributed by atoms with Crippen LogP contribution in [-0.4, -0.2) is 30.5 Å². The fourth-order valence-corrected chi connectivity index (χ4v) is 2.81. The van der Waals surface area contributed by atoms with Gasteiger partial charge in [-0.2, -0.15) is 0 Å². The number of halogens is 1. The molecule has 0 bridgehead atoms. The van der Waals surface area contributed by atoms with E-state index in [1.54, 1.807) is 12.1 Å². The lowest BCUT2D eigenvalue weighted by Gasteiger charge is -2.18. The molecule has 0 radical (unpaired) electrons. The number of aliphatic hydroxyl groups is 1. The molecule has 2 atom stereocenters. The van der Waals surface area contributed by atoms with Crippen LogP contribution in [0.2, 0.25) is 5.02 Å². The maximum absolute atomic E-state index is 10.2. The second-order valence-electron chi connectivity index (χ2n) is 6.00. The maximum Gasteiger partial charge on any atom is 0.119 e. The second kappa shape index (κ2) is 7.79. The molecule has 2 aromatic rings. The number of aliphatic imine (C=N–C) groups is 1. The van der Waals surface area contributed by atoms with E-state index in [4.69, 9.17) is 16.3 Å². The predicted molar refractivity (Wildman–Crippen MR) is 97.7 cm³/mol. The highest BCUT2D eigenvalue weighted by molar-refractivity contribution is 6.30. The number of ether oxygens (including phenoxy) is 1. The Morgan fingerprint density at radius 2 is 2.17 bits per heavy atom. The summed E-state index contributed by atoms with van der Waals surface area (Å²) in [6.45, 7) is 3.01. The normalized spacial score (nSPS) is 15.1. The summed E-state index contributed by atoms with van der Waals surface area (Å²) in [5.41, 5.74) is 3.03. The van der Waals surface area contributed by atoms with Gasteiger partial charge in [0.2, 0.25) is 0 Å². The minimum Gasteiger partial charge on any atom is -0.492 e. The fourth-order valence-electron chi connectivity index (χ4n) is 2.61. The van der Waals surface area contributed by atoms with Crippen molar-refractivity contribution in [3.05, 3.63) is 58.6 Å². The SMILES string of the molecule is CC(COc1ccc2c(c1)CC=N2)NCC(O)c1cccc(Cl)c1. The van der Waals surface area contributed by atoms with Crippen LogP contribution in [0.25, 0.3) is 0 Å². The monoisotopic (exact) mass is 344 g/mol. The second-order valence-corrected chi connectivity index (χ2v) is 6.43. The van der Waals surface area contributed by atoms with Gasteiger partial charge in [-0.05, 0) is 48.4 Å². The molecule has 0 aromatic heterocycles. The van der Waals surface area contributed by atoms with Gasteiger partial charge in [-0.15, -0.1) is 0 Å². The zero-order chi connectivity index (χ0) is 16.9. The molecule has 0 saturated carbocycles. The summed E-state index contributed by atoms with van der Waals surface area (Å²) < 4.78 is 5.83. The third-order valence-electron chi connectivity index (χ3n) is 3.99. The summed E-state index contributed by atoms with van der Waals surface area (Å²) in [6.07, 6.45) is 2.19. The van der Waals surface area contributed by atoms with Crippen molar-refractivity contribution in [1.29, 1.82) is 0 Å². The molecular formula is C19H21ClN2O2. The van der Waals surface area contributed by atoms with Crippen molar-refractivity contribution >= 4 is 23.5 Å². The molecule has 1 heterocycles. The first-order valence-corrected chi connectivity index (χ1v) is 8.45. The minimum atomic E-state index is -0.594. The van der Waals surface area contributed by atoms with Gasteiger partial charge in [-0.3, -0.25) is 4.99 Å². The van der Waals surface area contributed by atoms with E-state index in [0.29, 0.717) is 18.2 Å². The molecule has 3 rings (SSSR count). The molecular weight excluding hydrogens is 324 g/mol. The van der Waals surface area contributed by atoms with Gasteiger partial charge in [0.25, 0.3) is 0 Å². The summed E-state index contributed by atoms with van der Waals surface area (Å²) in [7, 11) is 0. The lowest BCUT2D eigenvalue weighted by atomic mass is 10.1. The van der Waals surface area contributed by atoms with Crippen LogP contribution in [0.5, 0.6) is 5.75 Å². The third-order valence-corrected chi connectivity index (χ3v) is 4.22. The van der Waals surface area contributed by atoms with Crippen LogP contribution >= 0.6 is 11.6 Å². The van der Waals surface area contributed by atoms with E-state index in [2.05, 4.69) is 10.3 Å². The highest BCUT2D eigenvalue weighted by atomic mass is 35.5. The Kier molecular flexibility index (Phi) is 5.51. The number of benzene rings is 2. The topological polar surface area (TPSA) is 53.8 Å². The molecule has 2 aromatic carbocycles. The molecule has 1 aliphatic heterocycles. The van der Waals surface area contributed by atoms with Crippen LogP contribution in [0.4, 0.5) is 5.69 Å². The first-order valence-electron chi connectivity index (χ1n) is 8.07. The van der Waals surface area contributed by atoms with Crippen molar-refractivity contribution in [1.82, 2.24) is 5.32 Å². The molecule has 126 valence electrons. The first kappa shape index (κ1) is 17.0. The number of nitrogens with one attached hydrogen (secondary N) is 1. The highest BCUT2D eigenvalue weighted by Gasteiger charge is 2.11. The number of rotatable bonds is 7. The summed E-state index contributed by atoms with van der Waals surface area (Å²) in [5.74, 6) is 0.850. The van der Waals surface area contributed by atoms with Crippen molar-refractivity contribution in [3.63, 3.8) is 0 Å². The number of nitrogens with zero attached hydrogens (tertiary/aromatic N) is 1. The molecule has 0 fully saturated rings. The van der Waals surface area contributed by atoms with Crippen LogP contribution in [0.15, 0.2) is 47.5 Å². The van der Waals surface area contributed by atoms with Gasteiger partial charge in [0.05, 0.1) is 11.8 Å². The zero-order valence-corrected chi connectivity index (χ0v) is 14.3. The highest BCUT2D eigenvalue weighted by Crippen LogP contribution is 2.28. The largest absolute Gasteiger partial charge is 0.492 e. The molecule has 5 heteroatoms. The summed E-state index contributed by atoms with van der Waals surface area (Å²) >= 11 is 5.95. The van der Waals surface area contributed by atoms with Crippen LogP contribution in [0.1, 0.15) is 24.2 Å². The molecule has 2 N–H and O–H groups in total. The average Bonchev–Trinajstić information content (AvgIpc) is 3.05. The Balaban J connectivity index is 1.45. The van der Waals surface area contributed by atoms with Crippen LogP contribution < -0.4 is 10.1 Å². The van der Waals surface area contributed by atoms with Crippen LogP contribution in [-0.2, 0) is 6.42 Å². The van der Waals surface area contributed by atoms with Gasteiger partial charge >= 0.3 is 0 Å². The Morgan fingerprint density at radius 1 is 1.29 bits per heavy atom. The molecule has 0 aliphatic carbocycles. The van der Waals surface area contributed by atoms with Crippen molar-refractivity contribution < 1.29 is 9.84 Å². The molecule has 0 amide bonds. The molecule has 4 nitrogen and oxygen atoms in total. The lowest BCUT2D eigenvalue weighted by molar-refractivity contribution is 0.163. The van der Waals surface area contributed by atoms with Gasteiger partial charge in [-0.25, -0.2) is 0 Å². The first-order chi connectivity index (χ1) is 11.6. The molecule has 0 spiro atoms. The van der Waals surface area contributed by atoms with Gasteiger partial charge in [-0.1, -0.05) is 23.7 Å². The minimum absolute atomic E-state index is 0.114. The van der Waals surface area contributed by atoms with Gasteiger partial charge in [0, 0.05) is 30.2 Å². The van der Waals surface area contributed by atoms with Crippen molar-refractivity contribution in [3.8, 4) is 5.75 Å². The summed E-state index contributed by atoms with van der Waals surface area (Å²) in [4.78, 5) is 4.29. The Hall–Kier alpha value is -1.88.